The lowest BCUT2D eigenvalue weighted by Crippen LogP contribution is -2.41. The van der Waals surface area contributed by atoms with Crippen molar-refractivity contribution < 1.29 is 9.47 Å². The fourth-order valence-corrected chi connectivity index (χ4v) is 4.55. The van der Waals surface area contributed by atoms with Crippen molar-refractivity contribution in [3.63, 3.8) is 0 Å². The van der Waals surface area contributed by atoms with Crippen molar-refractivity contribution in [2.45, 2.75) is 39.3 Å². The van der Waals surface area contributed by atoms with Crippen LogP contribution in [0.3, 0.4) is 0 Å². The summed E-state index contributed by atoms with van der Waals surface area (Å²) in [5.74, 6) is 1.67. The third-order valence-electron chi connectivity index (χ3n) is 5.71. The van der Waals surface area contributed by atoms with Crippen molar-refractivity contribution in [2.24, 2.45) is 11.0 Å². The molecule has 1 saturated heterocycles. The van der Waals surface area contributed by atoms with Gasteiger partial charge < -0.3 is 14.9 Å². The zero-order valence-electron chi connectivity index (χ0n) is 17.7. The van der Waals surface area contributed by atoms with E-state index in [1.807, 2.05) is 13.0 Å². The van der Waals surface area contributed by atoms with E-state index in [0.29, 0.717) is 35.7 Å². The molecule has 2 atom stereocenters. The first-order valence-electron chi connectivity index (χ1n) is 10.9. The molecule has 0 amide bonds. The second-order valence-corrected chi connectivity index (χ2v) is 8.31. The van der Waals surface area contributed by atoms with Crippen molar-refractivity contribution >= 4 is 17.3 Å². The molecule has 160 valence electrons. The third-order valence-corrected chi connectivity index (χ3v) is 5.99. The van der Waals surface area contributed by atoms with E-state index >= 15 is 0 Å². The molecule has 4 rings (SSSR count). The Morgan fingerprint density at radius 3 is 2.77 bits per heavy atom. The van der Waals surface area contributed by atoms with Gasteiger partial charge in [-0.15, -0.1) is 0 Å². The van der Waals surface area contributed by atoms with Crippen LogP contribution in [0.5, 0.6) is 11.5 Å². The lowest BCUT2D eigenvalue weighted by atomic mass is 9.86. The topological polar surface area (TPSA) is 46.1 Å². The van der Waals surface area contributed by atoms with Crippen LogP contribution in [0.25, 0.3) is 0 Å². The summed E-state index contributed by atoms with van der Waals surface area (Å²) in [6, 6.07) is 14.8. The lowest BCUT2D eigenvalue weighted by molar-refractivity contribution is 0.220. The maximum Gasteiger partial charge on any atom is 0.179 e. The van der Waals surface area contributed by atoms with Crippen molar-refractivity contribution in [2.75, 3.05) is 26.3 Å². The van der Waals surface area contributed by atoms with Gasteiger partial charge in [-0.1, -0.05) is 48.9 Å². The highest BCUT2D eigenvalue weighted by Gasteiger charge is 2.37. The molecule has 5 nitrogen and oxygen atoms in total. The molecule has 0 aliphatic carbocycles. The van der Waals surface area contributed by atoms with Crippen LogP contribution < -0.4 is 14.9 Å². The van der Waals surface area contributed by atoms with Crippen LogP contribution in [-0.4, -0.2) is 36.9 Å². The van der Waals surface area contributed by atoms with Crippen molar-refractivity contribution in [3.05, 3.63) is 58.6 Å². The zero-order chi connectivity index (χ0) is 20.9. The molecule has 2 heterocycles. The van der Waals surface area contributed by atoms with Gasteiger partial charge in [-0.25, -0.2) is 0 Å². The molecule has 0 bridgehead atoms. The molecule has 30 heavy (non-hydrogen) atoms. The quantitative estimate of drug-likeness (QED) is 0.640. The summed E-state index contributed by atoms with van der Waals surface area (Å²) in [5.41, 5.74) is 7.06. The molecule has 0 radical (unpaired) electrons. The summed E-state index contributed by atoms with van der Waals surface area (Å²) < 4.78 is 11.7. The number of fused-ring (bicyclic) bond motifs is 1. The van der Waals surface area contributed by atoms with E-state index in [0.717, 1.165) is 38.0 Å². The van der Waals surface area contributed by atoms with Crippen molar-refractivity contribution in [1.82, 2.24) is 10.3 Å². The smallest absolute Gasteiger partial charge is 0.179 e. The maximum absolute atomic E-state index is 6.61. The summed E-state index contributed by atoms with van der Waals surface area (Å²) >= 11 is 6.61. The molecule has 2 aliphatic rings. The highest BCUT2D eigenvalue weighted by molar-refractivity contribution is 6.32. The number of nitrogens with zero attached hydrogens (tertiary/aromatic N) is 2. The number of hydrazone groups is 1. The van der Waals surface area contributed by atoms with Crippen LogP contribution in [0, 0.1) is 5.92 Å². The SMILES string of the molecule is CCCOc1c(Cl)cc(C2NN=C3CCN(Cc4ccccc4)CC32)cc1OCC. The number of rotatable bonds is 8. The van der Waals surface area contributed by atoms with Gasteiger partial charge in [0, 0.05) is 37.7 Å². The second kappa shape index (κ2) is 9.71. The molecule has 0 aromatic heterocycles. The summed E-state index contributed by atoms with van der Waals surface area (Å²) in [6.07, 6.45) is 1.91. The molecule has 2 aromatic rings. The van der Waals surface area contributed by atoms with Crippen LogP contribution in [0.4, 0.5) is 0 Å². The van der Waals surface area contributed by atoms with E-state index in [-0.39, 0.29) is 6.04 Å². The monoisotopic (exact) mass is 427 g/mol. The maximum atomic E-state index is 6.61. The minimum Gasteiger partial charge on any atom is -0.490 e. The van der Waals surface area contributed by atoms with Gasteiger partial charge in [0.1, 0.15) is 0 Å². The summed E-state index contributed by atoms with van der Waals surface area (Å²) in [7, 11) is 0. The minimum atomic E-state index is 0.0931. The molecule has 2 aliphatic heterocycles. The molecule has 2 aromatic carbocycles. The van der Waals surface area contributed by atoms with Gasteiger partial charge in [0.05, 0.1) is 24.3 Å². The zero-order valence-corrected chi connectivity index (χ0v) is 18.5. The van der Waals surface area contributed by atoms with Crippen LogP contribution in [0.2, 0.25) is 5.02 Å². The number of halogens is 1. The number of hydrogen-bond acceptors (Lipinski definition) is 5. The largest absolute Gasteiger partial charge is 0.490 e. The van der Waals surface area contributed by atoms with E-state index < -0.39 is 0 Å². The standard InChI is InChI=1S/C24H30ClN3O2/c1-3-12-30-24-20(25)13-18(14-22(24)29-4-2)23-19-16-28(11-10-21(19)26-27-23)15-17-8-6-5-7-9-17/h5-9,13-14,19,23,27H,3-4,10-12,15-16H2,1-2H3. The number of likely N-dealkylation sites (tertiary alicyclic amines) is 1. The van der Waals surface area contributed by atoms with Crippen molar-refractivity contribution in [1.29, 1.82) is 0 Å². The fourth-order valence-electron chi connectivity index (χ4n) is 4.28. The Labute approximate surface area is 184 Å². The molecule has 1 fully saturated rings. The molecular formula is C24H30ClN3O2. The van der Waals surface area contributed by atoms with Crippen LogP contribution >= 0.6 is 11.6 Å². The Hall–Kier alpha value is -2.24. The van der Waals surface area contributed by atoms with Crippen LogP contribution in [0.15, 0.2) is 47.6 Å². The van der Waals surface area contributed by atoms with E-state index in [9.17, 15) is 0 Å². The van der Waals surface area contributed by atoms with Crippen LogP contribution in [-0.2, 0) is 6.54 Å². The molecule has 6 heteroatoms. The Bertz CT molecular complexity index is 888. The summed E-state index contributed by atoms with van der Waals surface area (Å²) in [4.78, 5) is 2.52. The Morgan fingerprint density at radius 1 is 1.17 bits per heavy atom. The van der Waals surface area contributed by atoms with Gasteiger partial charge in [-0.2, -0.15) is 5.10 Å². The van der Waals surface area contributed by atoms with E-state index in [2.05, 4.69) is 58.7 Å². The van der Waals surface area contributed by atoms with Gasteiger partial charge in [0.25, 0.3) is 0 Å². The van der Waals surface area contributed by atoms with Gasteiger partial charge in [0.2, 0.25) is 0 Å². The second-order valence-electron chi connectivity index (χ2n) is 7.90. The van der Waals surface area contributed by atoms with Gasteiger partial charge >= 0.3 is 0 Å². The number of hydrogen-bond donors (Lipinski definition) is 1. The highest BCUT2D eigenvalue weighted by atomic mass is 35.5. The van der Waals surface area contributed by atoms with Gasteiger partial charge in [-0.3, -0.25) is 4.90 Å². The highest BCUT2D eigenvalue weighted by Crippen LogP contribution is 2.41. The molecular weight excluding hydrogens is 398 g/mol. The molecule has 1 N–H and O–H groups in total. The van der Waals surface area contributed by atoms with E-state index in [1.165, 1.54) is 11.3 Å². The van der Waals surface area contributed by atoms with Crippen LogP contribution in [0.1, 0.15) is 43.9 Å². The number of ether oxygens (including phenoxy) is 2. The predicted octanol–water partition coefficient (Wildman–Crippen LogP) is 5.05. The van der Waals surface area contributed by atoms with Gasteiger partial charge in [0.15, 0.2) is 11.5 Å². The Kier molecular flexibility index (Phi) is 6.80. The Morgan fingerprint density at radius 2 is 2.00 bits per heavy atom. The first-order chi connectivity index (χ1) is 14.7. The number of piperidine rings is 1. The molecule has 2 unspecified atom stereocenters. The van der Waals surface area contributed by atoms with E-state index in [1.54, 1.807) is 0 Å². The third kappa shape index (κ3) is 4.57. The fraction of sp³-hybridized carbons (Fsp3) is 0.458. The van der Waals surface area contributed by atoms with Gasteiger partial charge in [-0.05, 0) is 36.6 Å². The predicted molar refractivity (Wildman–Crippen MR) is 122 cm³/mol. The average Bonchev–Trinajstić information content (AvgIpc) is 3.17. The number of benzene rings is 2. The van der Waals surface area contributed by atoms with E-state index in [4.69, 9.17) is 21.1 Å². The summed E-state index contributed by atoms with van der Waals surface area (Å²) in [5, 5.41) is 5.25. The molecule has 0 spiro atoms. The number of nitrogens with one attached hydrogen (secondary N) is 1. The molecule has 0 saturated carbocycles. The summed E-state index contributed by atoms with van der Waals surface area (Å²) in [6.45, 7) is 8.21. The average molecular weight is 428 g/mol. The van der Waals surface area contributed by atoms with Crippen molar-refractivity contribution in [3.8, 4) is 11.5 Å². The lowest BCUT2D eigenvalue weighted by Gasteiger charge is -2.33. The first-order valence-corrected chi connectivity index (χ1v) is 11.2. The minimum absolute atomic E-state index is 0.0931. The normalized spacial score (nSPS) is 21.0. The Balaban J connectivity index is 1.53. The first kappa shape index (κ1) is 21.0.